The van der Waals surface area contributed by atoms with Crippen LogP contribution in [0.3, 0.4) is 0 Å². The molecule has 0 bridgehead atoms. The van der Waals surface area contributed by atoms with Gasteiger partial charge in [0.05, 0.1) is 6.10 Å². The maximum absolute atomic E-state index is 9.81. The summed E-state index contributed by atoms with van der Waals surface area (Å²) in [4.78, 5) is 0. The Morgan fingerprint density at radius 2 is 2.25 bits per heavy atom. The molecule has 0 aromatic heterocycles. The molecule has 0 spiro atoms. The summed E-state index contributed by atoms with van der Waals surface area (Å²) >= 11 is 0. The van der Waals surface area contributed by atoms with E-state index in [2.05, 4.69) is 12.8 Å². The lowest BCUT2D eigenvalue weighted by molar-refractivity contribution is -0.0382. The summed E-state index contributed by atoms with van der Waals surface area (Å²) in [6.45, 7) is 2.17. The van der Waals surface area contributed by atoms with Crippen molar-refractivity contribution in [2.45, 2.75) is 51.6 Å². The molecule has 0 heterocycles. The molecule has 1 heteroatoms. The van der Waals surface area contributed by atoms with Crippen LogP contribution in [0.15, 0.2) is 0 Å². The van der Waals surface area contributed by atoms with Crippen LogP contribution in [0, 0.1) is 17.8 Å². The highest BCUT2D eigenvalue weighted by atomic mass is 16.3. The lowest BCUT2D eigenvalue weighted by Crippen LogP contribution is -2.41. The molecule has 1 aliphatic carbocycles. The highest BCUT2D eigenvalue weighted by Crippen LogP contribution is 2.48. The molecule has 0 radical (unpaired) electrons. The van der Waals surface area contributed by atoms with E-state index in [4.69, 9.17) is 6.42 Å². The van der Waals surface area contributed by atoms with Gasteiger partial charge < -0.3 is 5.11 Å². The van der Waals surface area contributed by atoms with Gasteiger partial charge in [0, 0.05) is 6.42 Å². The van der Waals surface area contributed by atoms with E-state index < -0.39 is 0 Å². The minimum absolute atomic E-state index is 0.196. The second kappa shape index (κ2) is 3.96. The van der Waals surface area contributed by atoms with Gasteiger partial charge in [-0.2, -0.15) is 0 Å². The van der Waals surface area contributed by atoms with Crippen LogP contribution in [-0.4, -0.2) is 11.2 Å². The van der Waals surface area contributed by atoms with E-state index in [0.29, 0.717) is 6.42 Å². The highest BCUT2D eigenvalue weighted by molar-refractivity contribution is 4.99. The molecule has 0 unspecified atom stereocenters. The summed E-state index contributed by atoms with van der Waals surface area (Å²) < 4.78 is 0. The second-order valence-corrected chi connectivity index (χ2v) is 3.89. The Bertz CT molecular complexity index is 174. The fourth-order valence-corrected chi connectivity index (χ4v) is 2.21. The molecule has 0 aromatic rings. The Labute approximate surface area is 75.2 Å². The van der Waals surface area contributed by atoms with Crippen molar-refractivity contribution in [1.82, 2.24) is 0 Å². The third kappa shape index (κ3) is 1.64. The summed E-state index contributed by atoms with van der Waals surface area (Å²) in [5.41, 5.74) is 0.196. The first-order chi connectivity index (χ1) is 5.75. The van der Waals surface area contributed by atoms with Gasteiger partial charge in [0.1, 0.15) is 0 Å². The second-order valence-electron chi connectivity index (χ2n) is 3.89. The third-order valence-corrected chi connectivity index (χ3v) is 3.12. The zero-order valence-electron chi connectivity index (χ0n) is 7.84. The lowest BCUT2D eigenvalue weighted by atomic mass is 9.62. The Morgan fingerprint density at radius 1 is 1.58 bits per heavy atom. The van der Waals surface area contributed by atoms with Gasteiger partial charge in [0.15, 0.2) is 0 Å². The van der Waals surface area contributed by atoms with Gasteiger partial charge in [-0.25, -0.2) is 0 Å². The average Bonchev–Trinajstić information content (AvgIpc) is 1.97. The van der Waals surface area contributed by atoms with Crippen molar-refractivity contribution in [3.05, 3.63) is 0 Å². The fraction of sp³-hybridized carbons (Fsp3) is 0.818. The molecular formula is C11H18O. The minimum Gasteiger partial charge on any atom is -0.392 e. The molecule has 1 N–H and O–H groups in total. The van der Waals surface area contributed by atoms with E-state index in [1.165, 1.54) is 19.3 Å². The number of terminal acetylenes is 1. The van der Waals surface area contributed by atoms with Gasteiger partial charge in [0.2, 0.25) is 0 Å². The van der Waals surface area contributed by atoms with Gasteiger partial charge in [-0.05, 0) is 24.7 Å². The van der Waals surface area contributed by atoms with Gasteiger partial charge >= 0.3 is 0 Å². The average molecular weight is 166 g/mol. The predicted octanol–water partition coefficient (Wildman–Crippen LogP) is 2.34. The fourth-order valence-electron chi connectivity index (χ4n) is 2.21. The number of rotatable bonds is 4. The largest absolute Gasteiger partial charge is 0.392 e. The molecule has 1 atom stereocenters. The van der Waals surface area contributed by atoms with Crippen LogP contribution in [0.1, 0.15) is 45.4 Å². The molecule has 1 rings (SSSR count). The summed E-state index contributed by atoms with van der Waals surface area (Å²) in [6, 6.07) is 0. The first-order valence-corrected chi connectivity index (χ1v) is 4.87. The van der Waals surface area contributed by atoms with E-state index in [1.54, 1.807) is 0 Å². The number of hydrogen-bond acceptors (Lipinski definition) is 1. The van der Waals surface area contributed by atoms with Gasteiger partial charge in [0.25, 0.3) is 0 Å². The smallest absolute Gasteiger partial charge is 0.0705 e. The Balaban J connectivity index is 2.48. The zero-order valence-corrected chi connectivity index (χ0v) is 7.84. The Hall–Kier alpha value is -0.480. The van der Waals surface area contributed by atoms with E-state index in [9.17, 15) is 5.11 Å². The molecule has 1 fully saturated rings. The number of hydrogen-bond donors (Lipinski definition) is 1. The molecular weight excluding hydrogens is 148 g/mol. The van der Waals surface area contributed by atoms with Gasteiger partial charge in [-0.15, -0.1) is 12.3 Å². The molecule has 12 heavy (non-hydrogen) atoms. The topological polar surface area (TPSA) is 20.2 Å². The van der Waals surface area contributed by atoms with Crippen molar-refractivity contribution in [3.8, 4) is 12.3 Å². The SMILES string of the molecule is C#CC[C@H](O)C1(CCC)CCC1. The maximum atomic E-state index is 9.81. The van der Waals surface area contributed by atoms with E-state index in [0.717, 1.165) is 12.8 Å². The number of aliphatic hydroxyl groups is 1. The van der Waals surface area contributed by atoms with Crippen molar-refractivity contribution < 1.29 is 5.11 Å². The van der Waals surface area contributed by atoms with Crippen LogP contribution < -0.4 is 0 Å². The van der Waals surface area contributed by atoms with Crippen LogP contribution >= 0.6 is 0 Å². The molecule has 0 saturated heterocycles. The lowest BCUT2D eigenvalue weighted by Gasteiger charge is -2.45. The zero-order chi connectivity index (χ0) is 9.03. The normalized spacial score (nSPS) is 22.4. The molecule has 1 aliphatic rings. The first kappa shape index (κ1) is 9.61. The first-order valence-electron chi connectivity index (χ1n) is 4.87. The summed E-state index contributed by atoms with van der Waals surface area (Å²) in [7, 11) is 0. The number of aliphatic hydroxyl groups excluding tert-OH is 1. The summed E-state index contributed by atoms with van der Waals surface area (Å²) in [6.07, 6.45) is 11.4. The summed E-state index contributed by atoms with van der Waals surface area (Å²) in [5, 5.41) is 9.81. The molecule has 68 valence electrons. The quantitative estimate of drug-likeness (QED) is 0.635. The minimum atomic E-state index is -0.254. The van der Waals surface area contributed by atoms with Crippen LogP contribution in [0.25, 0.3) is 0 Å². The van der Waals surface area contributed by atoms with Gasteiger partial charge in [-0.1, -0.05) is 19.8 Å². The third-order valence-electron chi connectivity index (χ3n) is 3.12. The molecule has 1 saturated carbocycles. The monoisotopic (exact) mass is 166 g/mol. The van der Waals surface area contributed by atoms with E-state index in [-0.39, 0.29) is 11.5 Å². The van der Waals surface area contributed by atoms with Crippen LogP contribution in [0.4, 0.5) is 0 Å². The van der Waals surface area contributed by atoms with Crippen LogP contribution in [0.2, 0.25) is 0 Å². The molecule has 0 amide bonds. The standard InChI is InChI=1S/C11H18O/c1-3-6-10(12)11(7-4-2)8-5-9-11/h1,10,12H,4-9H2,2H3/t10-/m0/s1. The van der Waals surface area contributed by atoms with E-state index >= 15 is 0 Å². The van der Waals surface area contributed by atoms with Crippen molar-refractivity contribution >= 4 is 0 Å². The Morgan fingerprint density at radius 3 is 2.58 bits per heavy atom. The maximum Gasteiger partial charge on any atom is 0.0705 e. The van der Waals surface area contributed by atoms with Crippen molar-refractivity contribution in [3.63, 3.8) is 0 Å². The summed E-state index contributed by atoms with van der Waals surface area (Å²) in [5.74, 6) is 2.55. The van der Waals surface area contributed by atoms with Crippen LogP contribution in [0.5, 0.6) is 0 Å². The van der Waals surface area contributed by atoms with Crippen molar-refractivity contribution in [1.29, 1.82) is 0 Å². The molecule has 1 nitrogen and oxygen atoms in total. The Kier molecular flexibility index (Phi) is 3.17. The highest BCUT2D eigenvalue weighted by Gasteiger charge is 2.41. The predicted molar refractivity (Wildman–Crippen MR) is 50.6 cm³/mol. The van der Waals surface area contributed by atoms with Crippen molar-refractivity contribution in [2.24, 2.45) is 5.41 Å². The van der Waals surface area contributed by atoms with Crippen LogP contribution in [-0.2, 0) is 0 Å². The van der Waals surface area contributed by atoms with Crippen molar-refractivity contribution in [2.75, 3.05) is 0 Å². The molecule has 0 aromatic carbocycles. The van der Waals surface area contributed by atoms with E-state index in [1.807, 2.05) is 0 Å². The van der Waals surface area contributed by atoms with Gasteiger partial charge in [-0.3, -0.25) is 0 Å². The molecule has 0 aliphatic heterocycles.